The van der Waals surface area contributed by atoms with Gasteiger partial charge in [0, 0.05) is 30.9 Å². The Hall–Kier alpha value is -2.67. The van der Waals surface area contributed by atoms with Crippen molar-refractivity contribution >= 4 is 12.0 Å². The van der Waals surface area contributed by atoms with Crippen LogP contribution in [0, 0.1) is 12.7 Å². The molecule has 7 heteroatoms. The SMILES string of the molecule is Cc1c(/C=C/C(=O)NCC(O)COc2ccc(F)cc2)cnn1C. The van der Waals surface area contributed by atoms with Crippen LogP contribution in [0.2, 0.25) is 0 Å². The summed E-state index contributed by atoms with van der Waals surface area (Å²) < 4.78 is 19.8. The molecule has 1 heterocycles. The van der Waals surface area contributed by atoms with Gasteiger partial charge in [-0.15, -0.1) is 0 Å². The van der Waals surface area contributed by atoms with Crippen molar-refractivity contribution in [2.45, 2.75) is 13.0 Å². The van der Waals surface area contributed by atoms with E-state index in [0.717, 1.165) is 11.3 Å². The highest BCUT2D eigenvalue weighted by molar-refractivity contribution is 5.91. The fraction of sp³-hybridized carbons (Fsp3) is 0.294. The number of rotatable bonds is 7. The molecule has 0 aliphatic heterocycles. The molecular weight excluding hydrogens is 313 g/mol. The van der Waals surface area contributed by atoms with Crippen LogP contribution in [0.1, 0.15) is 11.3 Å². The summed E-state index contributed by atoms with van der Waals surface area (Å²) in [6.07, 6.45) is 3.86. The van der Waals surface area contributed by atoms with Crippen molar-refractivity contribution in [3.05, 3.63) is 53.6 Å². The number of aryl methyl sites for hydroxylation is 1. The van der Waals surface area contributed by atoms with Crippen molar-refractivity contribution < 1.29 is 19.0 Å². The summed E-state index contributed by atoms with van der Waals surface area (Å²) in [6, 6.07) is 5.49. The molecule has 0 saturated carbocycles. The summed E-state index contributed by atoms with van der Waals surface area (Å²) in [5, 5.41) is 16.5. The number of nitrogens with one attached hydrogen (secondary N) is 1. The second kappa shape index (κ2) is 8.26. The highest BCUT2D eigenvalue weighted by atomic mass is 19.1. The largest absolute Gasteiger partial charge is 0.491 e. The second-order valence-electron chi connectivity index (χ2n) is 5.31. The van der Waals surface area contributed by atoms with Crippen LogP contribution < -0.4 is 10.1 Å². The number of aliphatic hydroxyl groups excluding tert-OH is 1. The number of hydrogen-bond acceptors (Lipinski definition) is 4. The number of ether oxygens (including phenoxy) is 1. The zero-order chi connectivity index (χ0) is 17.5. The predicted molar refractivity (Wildman–Crippen MR) is 87.9 cm³/mol. The zero-order valence-corrected chi connectivity index (χ0v) is 13.6. The molecular formula is C17H20FN3O3. The zero-order valence-electron chi connectivity index (χ0n) is 13.6. The van der Waals surface area contributed by atoms with E-state index in [2.05, 4.69) is 10.4 Å². The highest BCUT2D eigenvalue weighted by Gasteiger charge is 2.07. The smallest absolute Gasteiger partial charge is 0.244 e. The van der Waals surface area contributed by atoms with Crippen LogP contribution in [-0.4, -0.2) is 40.0 Å². The number of amides is 1. The monoisotopic (exact) mass is 333 g/mol. The number of aromatic nitrogens is 2. The maximum absolute atomic E-state index is 12.8. The molecule has 0 aliphatic rings. The van der Waals surface area contributed by atoms with E-state index in [0.29, 0.717) is 5.75 Å². The molecule has 0 spiro atoms. The molecule has 1 aromatic carbocycles. The molecule has 0 aliphatic carbocycles. The van der Waals surface area contributed by atoms with Crippen molar-refractivity contribution in [1.82, 2.24) is 15.1 Å². The van der Waals surface area contributed by atoms with Crippen molar-refractivity contribution in [3.8, 4) is 5.75 Å². The molecule has 1 aromatic heterocycles. The summed E-state index contributed by atoms with van der Waals surface area (Å²) in [7, 11) is 1.82. The summed E-state index contributed by atoms with van der Waals surface area (Å²) in [4.78, 5) is 11.7. The Morgan fingerprint density at radius 2 is 2.17 bits per heavy atom. The Morgan fingerprint density at radius 1 is 1.46 bits per heavy atom. The molecule has 1 unspecified atom stereocenters. The van der Waals surface area contributed by atoms with E-state index >= 15 is 0 Å². The van der Waals surface area contributed by atoms with Gasteiger partial charge in [0.2, 0.25) is 5.91 Å². The third-order valence-corrected chi connectivity index (χ3v) is 3.46. The van der Waals surface area contributed by atoms with E-state index < -0.39 is 6.10 Å². The van der Waals surface area contributed by atoms with Gasteiger partial charge in [0.1, 0.15) is 24.3 Å². The molecule has 0 saturated heterocycles. The van der Waals surface area contributed by atoms with E-state index in [1.54, 1.807) is 17.0 Å². The molecule has 0 fully saturated rings. The topological polar surface area (TPSA) is 76.4 Å². The lowest BCUT2D eigenvalue weighted by atomic mass is 10.2. The van der Waals surface area contributed by atoms with Gasteiger partial charge in [0.25, 0.3) is 0 Å². The van der Waals surface area contributed by atoms with E-state index in [-0.39, 0.29) is 24.9 Å². The number of carbonyl (C=O) groups excluding carboxylic acids is 1. The van der Waals surface area contributed by atoms with Crippen LogP contribution in [0.15, 0.2) is 36.5 Å². The van der Waals surface area contributed by atoms with Gasteiger partial charge < -0.3 is 15.2 Å². The number of hydrogen-bond donors (Lipinski definition) is 2. The van der Waals surface area contributed by atoms with Crippen molar-refractivity contribution in [3.63, 3.8) is 0 Å². The van der Waals surface area contributed by atoms with Crippen molar-refractivity contribution in [1.29, 1.82) is 0 Å². The Labute approximate surface area is 139 Å². The maximum atomic E-state index is 12.8. The van der Waals surface area contributed by atoms with Gasteiger partial charge in [-0.3, -0.25) is 9.48 Å². The number of carbonyl (C=O) groups is 1. The molecule has 6 nitrogen and oxygen atoms in total. The van der Waals surface area contributed by atoms with Gasteiger partial charge in [0.15, 0.2) is 0 Å². The molecule has 1 atom stereocenters. The molecule has 2 rings (SSSR count). The molecule has 2 aromatic rings. The quantitative estimate of drug-likeness (QED) is 0.752. The number of nitrogens with zero attached hydrogens (tertiary/aromatic N) is 2. The Bertz CT molecular complexity index is 710. The maximum Gasteiger partial charge on any atom is 0.244 e. The lowest BCUT2D eigenvalue weighted by Gasteiger charge is -2.12. The molecule has 1 amide bonds. The van der Waals surface area contributed by atoms with Crippen LogP contribution in [0.3, 0.4) is 0 Å². The first-order valence-electron chi connectivity index (χ1n) is 7.46. The van der Waals surface area contributed by atoms with E-state index in [9.17, 15) is 14.3 Å². The first-order chi connectivity index (χ1) is 11.5. The van der Waals surface area contributed by atoms with Crippen LogP contribution in [-0.2, 0) is 11.8 Å². The Balaban J connectivity index is 1.72. The van der Waals surface area contributed by atoms with Crippen LogP contribution >= 0.6 is 0 Å². The van der Waals surface area contributed by atoms with Gasteiger partial charge in [-0.1, -0.05) is 0 Å². The second-order valence-corrected chi connectivity index (χ2v) is 5.31. The standard InChI is InChI=1S/C17H20FN3O3/c1-12-13(9-20-21(12)2)3-8-17(23)19-10-15(22)11-24-16-6-4-14(18)5-7-16/h3-9,15,22H,10-11H2,1-2H3,(H,19,23)/b8-3+. The van der Waals surface area contributed by atoms with E-state index in [1.165, 1.54) is 30.3 Å². The normalized spacial score (nSPS) is 12.3. The summed E-state index contributed by atoms with van der Waals surface area (Å²) in [6.45, 7) is 1.95. The lowest BCUT2D eigenvalue weighted by Crippen LogP contribution is -2.34. The number of benzene rings is 1. The van der Waals surface area contributed by atoms with Gasteiger partial charge >= 0.3 is 0 Å². The minimum atomic E-state index is -0.868. The van der Waals surface area contributed by atoms with Gasteiger partial charge in [0.05, 0.1) is 6.20 Å². The third-order valence-electron chi connectivity index (χ3n) is 3.46. The van der Waals surface area contributed by atoms with Crippen LogP contribution in [0.5, 0.6) is 5.75 Å². The Morgan fingerprint density at radius 3 is 2.79 bits per heavy atom. The highest BCUT2D eigenvalue weighted by Crippen LogP contribution is 2.11. The van der Waals surface area contributed by atoms with Crippen LogP contribution in [0.25, 0.3) is 6.08 Å². The summed E-state index contributed by atoms with van der Waals surface area (Å²) in [5.74, 6) is -0.224. The molecule has 2 N–H and O–H groups in total. The minimum Gasteiger partial charge on any atom is -0.491 e. The average molecular weight is 333 g/mol. The molecule has 128 valence electrons. The minimum absolute atomic E-state index is 0.00264. The fourth-order valence-electron chi connectivity index (χ4n) is 1.90. The van der Waals surface area contributed by atoms with E-state index in [4.69, 9.17) is 4.74 Å². The molecule has 24 heavy (non-hydrogen) atoms. The third kappa shape index (κ3) is 5.20. The fourth-order valence-corrected chi connectivity index (χ4v) is 1.90. The van der Waals surface area contributed by atoms with E-state index in [1.807, 2.05) is 14.0 Å². The van der Waals surface area contributed by atoms with Crippen LogP contribution in [0.4, 0.5) is 4.39 Å². The lowest BCUT2D eigenvalue weighted by molar-refractivity contribution is -0.117. The molecule has 0 bridgehead atoms. The van der Waals surface area contributed by atoms with Gasteiger partial charge in [-0.05, 0) is 37.3 Å². The average Bonchev–Trinajstić information content (AvgIpc) is 2.89. The van der Waals surface area contributed by atoms with Gasteiger partial charge in [-0.2, -0.15) is 5.10 Å². The van der Waals surface area contributed by atoms with Crippen molar-refractivity contribution in [2.24, 2.45) is 7.05 Å². The van der Waals surface area contributed by atoms with Crippen molar-refractivity contribution in [2.75, 3.05) is 13.2 Å². The summed E-state index contributed by atoms with van der Waals surface area (Å²) in [5.41, 5.74) is 1.81. The molecule has 0 radical (unpaired) electrons. The first kappa shape index (κ1) is 17.7. The predicted octanol–water partition coefficient (Wildman–Crippen LogP) is 1.44. The number of halogens is 1. The summed E-state index contributed by atoms with van der Waals surface area (Å²) >= 11 is 0. The Kier molecular flexibility index (Phi) is 6.08. The first-order valence-corrected chi connectivity index (χ1v) is 7.46. The van der Waals surface area contributed by atoms with Gasteiger partial charge in [-0.25, -0.2) is 4.39 Å². The number of aliphatic hydroxyl groups is 1.